The van der Waals surface area contributed by atoms with Crippen molar-refractivity contribution in [1.82, 2.24) is 4.98 Å². The molecule has 0 bridgehead atoms. The van der Waals surface area contributed by atoms with E-state index in [2.05, 4.69) is 4.98 Å². The quantitative estimate of drug-likeness (QED) is 0.460. The highest BCUT2D eigenvalue weighted by atomic mass is 19.1. The number of nitrogens with zero attached hydrogens (tertiary/aromatic N) is 2. The molecule has 8 heteroatoms. The van der Waals surface area contributed by atoms with Crippen molar-refractivity contribution in [3.05, 3.63) is 77.1 Å². The fraction of sp³-hybridized carbons (Fsp3) is 0.259. The first-order valence-corrected chi connectivity index (χ1v) is 11.0. The van der Waals surface area contributed by atoms with E-state index in [9.17, 15) is 9.18 Å². The number of aromatic nitrogens is 1. The van der Waals surface area contributed by atoms with Crippen molar-refractivity contribution in [3.8, 4) is 23.1 Å². The fourth-order valence-electron chi connectivity index (χ4n) is 3.86. The number of hydrogen-bond acceptors (Lipinski definition) is 6. The lowest BCUT2D eigenvalue weighted by molar-refractivity contribution is 0.0981. The molecular formula is C27H27FN2O5. The van der Waals surface area contributed by atoms with Gasteiger partial charge in [0, 0.05) is 0 Å². The van der Waals surface area contributed by atoms with E-state index in [0.717, 1.165) is 5.56 Å². The Morgan fingerprint density at radius 2 is 1.74 bits per heavy atom. The Hall–Kier alpha value is -4.07. The summed E-state index contributed by atoms with van der Waals surface area (Å²) >= 11 is 0. The lowest BCUT2D eigenvalue weighted by atomic mass is 9.99. The van der Waals surface area contributed by atoms with Crippen molar-refractivity contribution in [1.29, 1.82) is 0 Å². The maximum absolute atomic E-state index is 14.0. The summed E-state index contributed by atoms with van der Waals surface area (Å²) in [7, 11) is 4.50. The van der Waals surface area contributed by atoms with E-state index < -0.39 is 5.60 Å². The molecule has 0 radical (unpaired) electrons. The Balaban J connectivity index is 1.80. The molecular weight excluding hydrogens is 451 g/mol. The monoisotopic (exact) mass is 478 g/mol. The minimum atomic E-state index is -0.471. The first-order valence-electron chi connectivity index (χ1n) is 11.0. The first-order chi connectivity index (χ1) is 16.8. The van der Waals surface area contributed by atoms with Crippen LogP contribution in [0.4, 0.5) is 10.2 Å². The molecule has 1 aliphatic heterocycles. The van der Waals surface area contributed by atoms with Gasteiger partial charge < -0.3 is 18.9 Å². The number of hydrogen-bond donors (Lipinski definition) is 0. The van der Waals surface area contributed by atoms with Gasteiger partial charge in [0.2, 0.25) is 0 Å². The summed E-state index contributed by atoms with van der Waals surface area (Å²) in [4.78, 5) is 19.9. The Labute approximate surface area is 203 Å². The van der Waals surface area contributed by atoms with Crippen molar-refractivity contribution in [2.45, 2.75) is 26.0 Å². The van der Waals surface area contributed by atoms with E-state index in [1.807, 2.05) is 26.0 Å². The molecule has 1 aliphatic rings. The lowest BCUT2D eigenvalue weighted by Crippen LogP contribution is -2.32. The van der Waals surface area contributed by atoms with Gasteiger partial charge in [-0.25, -0.2) is 4.39 Å². The summed E-state index contributed by atoms with van der Waals surface area (Å²) in [6, 6.07) is 12.7. The van der Waals surface area contributed by atoms with Crippen LogP contribution in [0.25, 0.3) is 6.08 Å². The van der Waals surface area contributed by atoms with Crippen molar-refractivity contribution >= 4 is 17.8 Å². The van der Waals surface area contributed by atoms with E-state index in [-0.39, 0.29) is 24.1 Å². The molecule has 0 spiro atoms. The SMILES string of the molecule is COc1ccc(N(Cc2ccc(F)cc2)C(=O)c2ccc3c(c2OC)C=CC(C)(C)O3)nc1OC. The van der Waals surface area contributed by atoms with Gasteiger partial charge in [0.1, 0.15) is 28.7 Å². The highest BCUT2D eigenvalue weighted by Crippen LogP contribution is 2.40. The number of ether oxygens (including phenoxy) is 4. The van der Waals surface area contributed by atoms with Crippen molar-refractivity contribution in [3.63, 3.8) is 0 Å². The number of anilines is 1. The molecule has 4 rings (SSSR count). The molecule has 0 N–H and O–H groups in total. The fourth-order valence-corrected chi connectivity index (χ4v) is 3.86. The molecule has 1 aromatic heterocycles. The van der Waals surface area contributed by atoms with Crippen LogP contribution in [0, 0.1) is 5.82 Å². The Morgan fingerprint density at radius 1 is 1.00 bits per heavy atom. The second kappa shape index (κ2) is 9.66. The minimum absolute atomic E-state index is 0.140. The van der Waals surface area contributed by atoms with E-state index >= 15 is 0 Å². The number of pyridine rings is 1. The maximum atomic E-state index is 14.0. The van der Waals surface area contributed by atoms with Crippen LogP contribution in [0.5, 0.6) is 23.1 Å². The molecule has 1 amide bonds. The second-order valence-electron chi connectivity index (χ2n) is 8.50. The van der Waals surface area contributed by atoms with Crippen molar-refractivity contribution in [2.75, 3.05) is 26.2 Å². The number of rotatable bonds is 7. The Morgan fingerprint density at radius 3 is 2.40 bits per heavy atom. The van der Waals surface area contributed by atoms with E-state index in [1.165, 1.54) is 38.4 Å². The van der Waals surface area contributed by atoms with E-state index in [1.54, 1.807) is 36.4 Å². The molecule has 2 aromatic carbocycles. The van der Waals surface area contributed by atoms with Crippen LogP contribution >= 0.6 is 0 Å². The van der Waals surface area contributed by atoms with Crippen LogP contribution in [0.2, 0.25) is 0 Å². The van der Waals surface area contributed by atoms with E-state index in [0.29, 0.717) is 34.2 Å². The van der Waals surface area contributed by atoms with Crippen LogP contribution in [0.15, 0.2) is 54.6 Å². The van der Waals surface area contributed by atoms with Gasteiger partial charge in [-0.05, 0) is 68.0 Å². The maximum Gasteiger partial charge on any atom is 0.263 e. The van der Waals surface area contributed by atoms with Crippen LogP contribution < -0.4 is 23.8 Å². The van der Waals surface area contributed by atoms with Crippen LogP contribution in [-0.4, -0.2) is 37.8 Å². The zero-order valence-electron chi connectivity index (χ0n) is 20.3. The van der Waals surface area contributed by atoms with Crippen molar-refractivity contribution < 1.29 is 28.1 Å². The molecule has 35 heavy (non-hydrogen) atoms. The molecule has 3 aromatic rings. The van der Waals surface area contributed by atoms with Gasteiger partial charge in [-0.1, -0.05) is 12.1 Å². The number of carbonyl (C=O) groups is 1. The Bertz CT molecular complexity index is 1270. The third-order valence-electron chi connectivity index (χ3n) is 5.61. The number of methoxy groups -OCH3 is 3. The van der Waals surface area contributed by atoms with Gasteiger partial charge >= 0.3 is 0 Å². The van der Waals surface area contributed by atoms with Gasteiger partial charge in [-0.3, -0.25) is 9.69 Å². The van der Waals surface area contributed by atoms with Gasteiger partial charge in [0.05, 0.1) is 39.0 Å². The normalized spacial score (nSPS) is 13.4. The van der Waals surface area contributed by atoms with E-state index in [4.69, 9.17) is 18.9 Å². The average Bonchev–Trinajstić information content (AvgIpc) is 2.86. The minimum Gasteiger partial charge on any atom is -0.495 e. The average molecular weight is 479 g/mol. The third-order valence-corrected chi connectivity index (χ3v) is 5.61. The number of halogens is 1. The second-order valence-corrected chi connectivity index (χ2v) is 8.50. The third kappa shape index (κ3) is 4.91. The topological polar surface area (TPSA) is 70.1 Å². The molecule has 2 heterocycles. The molecule has 0 unspecified atom stereocenters. The predicted octanol–water partition coefficient (Wildman–Crippen LogP) is 5.28. The predicted molar refractivity (Wildman–Crippen MR) is 131 cm³/mol. The highest BCUT2D eigenvalue weighted by molar-refractivity contribution is 6.08. The highest BCUT2D eigenvalue weighted by Gasteiger charge is 2.29. The number of benzene rings is 2. The standard InChI is InChI=1S/C27H27FN2O5/c1-27(2)15-14-19-21(35-27)11-10-20(24(19)33-4)26(31)30(16-17-6-8-18(28)9-7-17)23-13-12-22(32-3)25(29-23)34-5/h6-15H,16H2,1-5H3. The summed E-state index contributed by atoms with van der Waals surface area (Å²) in [5.41, 5.74) is 1.26. The van der Waals surface area contributed by atoms with Gasteiger partial charge in [0.15, 0.2) is 5.75 Å². The summed E-state index contributed by atoms with van der Waals surface area (Å²) in [5.74, 6) is 1.31. The lowest BCUT2D eigenvalue weighted by Gasteiger charge is -2.30. The van der Waals surface area contributed by atoms with Crippen LogP contribution in [-0.2, 0) is 6.54 Å². The first kappa shape index (κ1) is 24.1. The number of amides is 1. The summed E-state index contributed by atoms with van der Waals surface area (Å²) in [6.07, 6.45) is 3.81. The number of carbonyl (C=O) groups excluding carboxylic acids is 1. The molecule has 0 atom stereocenters. The molecule has 0 aliphatic carbocycles. The molecule has 0 saturated heterocycles. The van der Waals surface area contributed by atoms with Gasteiger partial charge in [-0.15, -0.1) is 0 Å². The molecule has 182 valence electrons. The van der Waals surface area contributed by atoms with Gasteiger partial charge in [0.25, 0.3) is 11.8 Å². The van der Waals surface area contributed by atoms with Crippen LogP contribution in [0.3, 0.4) is 0 Å². The van der Waals surface area contributed by atoms with Crippen molar-refractivity contribution in [2.24, 2.45) is 0 Å². The number of fused-ring (bicyclic) bond motifs is 1. The zero-order valence-corrected chi connectivity index (χ0v) is 20.3. The van der Waals surface area contributed by atoms with Gasteiger partial charge in [-0.2, -0.15) is 4.98 Å². The molecule has 0 fully saturated rings. The zero-order chi connectivity index (χ0) is 25.2. The largest absolute Gasteiger partial charge is 0.495 e. The molecule has 7 nitrogen and oxygen atoms in total. The molecule has 0 saturated carbocycles. The Kier molecular flexibility index (Phi) is 6.64. The summed E-state index contributed by atoms with van der Waals surface area (Å²) in [6.45, 7) is 4.04. The summed E-state index contributed by atoms with van der Waals surface area (Å²) in [5, 5.41) is 0. The van der Waals surface area contributed by atoms with Crippen LogP contribution in [0.1, 0.15) is 35.3 Å². The summed E-state index contributed by atoms with van der Waals surface area (Å²) < 4.78 is 35.8. The smallest absolute Gasteiger partial charge is 0.263 e.